The van der Waals surface area contributed by atoms with Crippen LogP contribution in [0.3, 0.4) is 0 Å². The fourth-order valence-electron chi connectivity index (χ4n) is 2.70. The molecule has 7 heteroatoms. The van der Waals surface area contributed by atoms with Gasteiger partial charge in [0.2, 0.25) is 0 Å². The van der Waals surface area contributed by atoms with Gasteiger partial charge in [-0.15, -0.1) is 0 Å². The average molecular weight is 371 g/mol. The highest BCUT2D eigenvalue weighted by atomic mass is 35.5. The monoisotopic (exact) mass is 370 g/mol. The van der Waals surface area contributed by atoms with Crippen LogP contribution in [-0.2, 0) is 4.79 Å². The van der Waals surface area contributed by atoms with Crippen molar-refractivity contribution in [2.24, 2.45) is 0 Å². The molecule has 0 bridgehead atoms. The molecule has 3 nitrogen and oxygen atoms in total. The molecule has 1 amide bonds. The second kappa shape index (κ2) is 7.05. The largest absolute Gasteiger partial charge is 0.303 e. The Kier molecular flexibility index (Phi) is 5.04. The molecule has 0 spiro atoms. The van der Waals surface area contributed by atoms with Crippen molar-refractivity contribution in [1.82, 2.24) is 5.32 Å². The molecule has 24 heavy (non-hydrogen) atoms. The van der Waals surface area contributed by atoms with Crippen LogP contribution >= 0.6 is 23.4 Å². The maximum atomic E-state index is 14.9. The van der Waals surface area contributed by atoms with Crippen molar-refractivity contribution in [3.05, 3.63) is 53.3 Å². The van der Waals surface area contributed by atoms with Crippen molar-refractivity contribution >= 4 is 35.0 Å². The molecule has 0 aromatic heterocycles. The van der Waals surface area contributed by atoms with Crippen molar-refractivity contribution in [2.75, 3.05) is 11.0 Å². The van der Waals surface area contributed by atoms with Crippen molar-refractivity contribution < 1.29 is 13.6 Å². The van der Waals surface area contributed by atoms with Gasteiger partial charge in [-0.3, -0.25) is 4.79 Å². The quantitative estimate of drug-likeness (QED) is 0.815. The number of halogens is 4. The number of alkyl halides is 1. The Bertz CT molecular complexity index is 772. The third-order valence-electron chi connectivity index (χ3n) is 3.92. The number of hydrogen-bond acceptors (Lipinski definition) is 2. The first-order chi connectivity index (χ1) is 11.5. The Morgan fingerprint density at radius 1 is 1.17 bits per heavy atom. The van der Waals surface area contributed by atoms with Gasteiger partial charge in [0, 0.05) is 40.9 Å². The van der Waals surface area contributed by atoms with Crippen molar-refractivity contribution in [1.29, 1.82) is 0 Å². The highest BCUT2D eigenvalue weighted by Crippen LogP contribution is 2.34. The number of anilines is 1. The number of nitrogens with one attached hydrogen (secondary N) is 1. The molecule has 1 aliphatic heterocycles. The first kappa shape index (κ1) is 17.1. The van der Waals surface area contributed by atoms with E-state index in [1.165, 1.54) is 6.07 Å². The smallest absolute Gasteiger partial charge is 0.258 e. The maximum Gasteiger partial charge on any atom is 0.258 e. The summed E-state index contributed by atoms with van der Waals surface area (Å²) < 4.78 is 28.8. The Labute approximate surface area is 148 Å². The first-order valence-electron chi connectivity index (χ1n) is 7.39. The second-order valence-corrected chi connectivity index (χ2v) is 6.28. The Hall–Kier alpha value is -1.69. The molecule has 0 aliphatic carbocycles. The van der Waals surface area contributed by atoms with Gasteiger partial charge in [0.1, 0.15) is 6.17 Å². The van der Waals surface area contributed by atoms with Gasteiger partial charge in [-0.25, -0.2) is 13.2 Å². The topological polar surface area (TPSA) is 32.3 Å². The summed E-state index contributed by atoms with van der Waals surface area (Å²) in [6.45, 7) is 0.0866. The standard InChI is InChI=1S/C17H14Cl2F2N2O/c18-13-6-2-1-4-11(13)12-5-3-7-15(16(12)21)23(19)17(24)14-8-10(20)9-22-14/h1-7,10,14,22H,8-9H2/t10-,14+/m1/s1. The Morgan fingerprint density at radius 3 is 2.54 bits per heavy atom. The summed E-state index contributed by atoms with van der Waals surface area (Å²) in [6.07, 6.45) is -1.09. The molecule has 1 N–H and O–H groups in total. The molecular formula is C17H14Cl2F2N2O. The fourth-order valence-corrected chi connectivity index (χ4v) is 3.18. The number of rotatable bonds is 3. The second-order valence-electron chi connectivity index (χ2n) is 5.53. The molecule has 0 unspecified atom stereocenters. The van der Waals surface area contributed by atoms with E-state index in [2.05, 4.69) is 5.32 Å². The zero-order chi connectivity index (χ0) is 17.3. The minimum atomic E-state index is -1.11. The van der Waals surface area contributed by atoms with Crippen LogP contribution in [0, 0.1) is 5.82 Å². The van der Waals surface area contributed by atoms with Gasteiger partial charge in [-0.2, -0.15) is 0 Å². The van der Waals surface area contributed by atoms with Crippen LogP contribution in [0.5, 0.6) is 0 Å². The lowest BCUT2D eigenvalue weighted by Gasteiger charge is -2.20. The number of benzene rings is 2. The molecule has 3 rings (SSSR count). The number of carbonyl (C=O) groups excluding carboxylic acids is 1. The Morgan fingerprint density at radius 2 is 1.88 bits per heavy atom. The van der Waals surface area contributed by atoms with Crippen molar-refractivity contribution in [2.45, 2.75) is 18.6 Å². The SMILES string of the molecule is O=C([C@@H]1C[C@@H](F)CN1)N(Cl)c1cccc(-c2ccccc2Cl)c1F. The molecule has 0 saturated carbocycles. The molecule has 1 heterocycles. The first-order valence-corrected chi connectivity index (χ1v) is 8.11. The van der Waals surface area contributed by atoms with Crippen LogP contribution in [0.15, 0.2) is 42.5 Å². The molecule has 1 saturated heterocycles. The van der Waals surface area contributed by atoms with Gasteiger partial charge in [0.15, 0.2) is 5.82 Å². The molecule has 0 radical (unpaired) electrons. The summed E-state index contributed by atoms with van der Waals surface area (Å²) in [6, 6.07) is 10.6. The summed E-state index contributed by atoms with van der Waals surface area (Å²) >= 11 is 12.2. The summed E-state index contributed by atoms with van der Waals surface area (Å²) in [5.74, 6) is -1.25. The molecule has 2 aromatic carbocycles. The lowest BCUT2D eigenvalue weighted by molar-refractivity contribution is -0.119. The van der Waals surface area contributed by atoms with Gasteiger partial charge in [-0.1, -0.05) is 41.9 Å². The zero-order valence-electron chi connectivity index (χ0n) is 12.5. The van der Waals surface area contributed by atoms with Crippen molar-refractivity contribution in [3.63, 3.8) is 0 Å². The van der Waals surface area contributed by atoms with Crippen LogP contribution in [0.2, 0.25) is 5.02 Å². The van der Waals surface area contributed by atoms with Crippen LogP contribution in [0.4, 0.5) is 14.5 Å². The molecule has 126 valence electrons. The van der Waals surface area contributed by atoms with E-state index in [4.69, 9.17) is 23.4 Å². The lowest BCUT2D eigenvalue weighted by atomic mass is 10.0. The van der Waals surface area contributed by atoms with Gasteiger partial charge in [0.25, 0.3) is 5.91 Å². The van der Waals surface area contributed by atoms with E-state index in [1.807, 2.05) is 0 Å². The Balaban J connectivity index is 1.93. The molecule has 2 aromatic rings. The summed E-state index contributed by atoms with van der Waals surface area (Å²) in [5, 5.41) is 3.13. The van der Waals surface area contributed by atoms with E-state index in [0.717, 1.165) is 0 Å². The van der Waals surface area contributed by atoms with Gasteiger partial charge in [0.05, 0.1) is 11.7 Å². The third-order valence-corrected chi connectivity index (χ3v) is 4.60. The minimum absolute atomic E-state index is 0.0217. The number of amides is 1. The van der Waals surface area contributed by atoms with Crippen LogP contribution in [0.1, 0.15) is 6.42 Å². The molecular weight excluding hydrogens is 357 g/mol. The number of nitrogens with zero attached hydrogens (tertiary/aromatic N) is 1. The van der Waals surface area contributed by atoms with Crippen molar-refractivity contribution in [3.8, 4) is 11.1 Å². The molecule has 1 fully saturated rings. The van der Waals surface area contributed by atoms with Crippen LogP contribution < -0.4 is 9.74 Å². The number of hydrogen-bond donors (Lipinski definition) is 1. The highest BCUT2D eigenvalue weighted by Gasteiger charge is 2.33. The highest BCUT2D eigenvalue weighted by molar-refractivity contribution is 6.37. The normalized spacial score (nSPS) is 20.2. The van der Waals surface area contributed by atoms with Crippen LogP contribution in [-0.4, -0.2) is 24.7 Å². The fraction of sp³-hybridized carbons (Fsp3) is 0.235. The predicted octanol–water partition coefficient (Wildman–Crippen LogP) is 4.33. The third kappa shape index (κ3) is 3.24. The molecule has 2 atom stereocenters. The maximum absolute atomic E-state index is 14.9. The van der Waals surface area contributed by atoms with E-state index in [9.17, 15) is 13.6 Å². The van der Waals surface area contributed by atoms with E-state index in [0.29, 0.717) is 15.0 Å². The minimum Gasteiger partial charge on any atom is -0.303 e. The van der Waals surface area contributed by atoms with E-state index < -0.39 is 23.9 Å². The summed E-state index contributed by atoms with van der Waals surface area (Å²) in [4.78, 5) is 12.3. The number of carbonyl (C=O) groups is 1. The zero-order valence-corrected chi connectivity index (χ0v) is 14.0. The van der Waals surface area contributed by atoms with Gasteiger partial charge >= 0.3 is 0 Å². The van der Waals surface area contributed by atoms with Gasteiger partial charge in [-0.05, 0) is 12.1 Å². The van der Waals surface area contributed by atoms with E-state index in [1.54, 1.807) is 36.4 Å². The lowest BCUT2D eigenvalue weighted by Crippen LogP contribution is -2.39. The predicted molar refractivity (Wildman–Crippen MR) is 91.5 cm³/mol. The average Bonchev–Trinajstić information content (AvgIpc) is 3.01. The molecule has 1 aliphatic rings. The van der Waals surface area contributed by atoms with Gasteiger partial charge < -0.3 is 5.32 Å². The van der Waals surface area contributed by atoms with E-state index in [-0.39, 0.29) is 24.2 Å². The van der Waals surface area contributed by atoms with Crippen LogP contribution in [0.25, 0.3) is 11.1 Å². The van der Waals surface area contributed by atoms with E-state index >= 15 is 0 Å². The summed E-state index contributed by atoms with van der Waals surface area (Å²) in [5.41, 5.74) is 0.640. The summed E-state index contributed by atoms with van der Waals surface area (Å²) in [7, 11) is 0.